The molecule has 1 rings (SSSR count). The number of halogens is 8. The summed E-state index contributed by atoms with van der Waals surface area (Å²) in [6.07, 6.45) is -5.78. The second-order valence-electron chi connectivity index (χ2n) is 2.60. The third-order valence-corrected chi connectivity index (χ3v) is 2.60. The molecule has 0 aliphatic carbocycles. The van der Waals surface area contributed by atoms with E-state index < -0.39 is 28.1 Å². The van der Waals surface area contributed by atoms with Crippen molar-refractivity contribution in [3.63, 3.8) is 0 Å². The lowest BCUT2D eigenvalue weighted by molar-refractivity contribution is -0.372. The van der Waals surface area contributed by atoms with E-state index in [1.54, 1.807) is 0 Å². The number of hydrogen-bond donors (Lipinski definition) is 0. The maximum absolute atomic E-state index is 12.8. The molecule has 0 spiro atoms. The molecule has 1 aliphatic rings. The zero-order valence-corrected chi connectivity index (χ0v) is 8.35. The average Bonchev–Trinajstić information content (AvgIpc) is 1.93. The lowest BCUT2D eigenvalue weighted by atomic mass is 9.92. The van der Waals surface area contributed by atoms with Crippen LogP contribution in [0.1, 0.15) is 0 Å². The molecular weight excluding hydrogens is 277 g/mol. The van der Waals surface area contributed by atoms with Crippen LogP contribution in [0.2, 0.25) is 0 Å². The van der Waals surface area contributed by atoms with Gasteiger partial charge in [-0.25, -0.2) is 13.2 Å². The van der Waals surface area contributed by atoms with Crippen LogP contribution in [0, 0.1) is 0 Å². The van der Waals surface area contributed by atoms with Gasteiger partial charge in [-0.05, 0) is 11.6 Å². The van der Waals surface area contributed by atoms with E-state index in [0.717, 1.165) is 0 Å². The van der Waals surface area contributed by atoms with Crippen LogP contribution in [0.5, 0.6) is 0 Å². The fraction of sp³-hybridized carbons (Fsp3) is 1.00. The van der Waals surface area contributed by atoms with Gasteiger partial charge in [0, 0.05) is 0 Å². The van der Waals surface area contributed by atoms with Crippen molar-refractivity contribution < 1.29 is 26.7 Å². The number of rotatable bonds is 2. The molecular formula is C5H2Cl3F5O. The van der Waals surface area contributed by atoms with Crippen LogP contribution in [-0.2, 0) is 4.74 Å². The summed E-state index contributed by atoms with van der Waals surface area (Å²) in [6.45, 7) is 0. The van der Waals surface area contributed by atoms with Gasteiger partial charge in [0.25, 0.3) is 4.59 Å². The molecule has 0 aromatic carbocycles. The van der Waals surface area contributed by atoms with Crippen molar-refractivity contribution in [1.29, 1.82) is 0 Å². The Morgan fingerprint density at radius 1 is 1.07 bits per heavy atom. The van der Waals surface area contributed by atoms with Crippen molar-refractivity contribution in [3.05, 3.63) is 0 Å². The Kier molecular flexibility index (Phi) is 2.90. The Morgan fingerprint density at radius 2 is 1.50 bits per heavy atom. The maximum Gasteiger partial charge on any atom is 0.359 e. The van der Waals surface area contributed by atoms with Crippen molar-refractivity contribution in [2.75, 3.05) is 0 Å². The third-order valence-electron chi connectivity index (χ3n) is 1.76. The summed E-state index contributed by atoms with van der Waals surface area (Å²) in [7, 11) is 0. The lowest BCUT2D eigenvalue weighted by Crippen LogP contribution is -2.74. The minimum Gasteiger partial charge on any atom is -0.322 e. The van der Waals surface area contributed by atoms with Crippen LogP contribution in [0.25, 0.3) is 0 Å². The zero-order chi connectivity index (χ0) is 11.4. The second-order valence-corrected chi connectivity index (χ2v) is 4.31. The zero-order valence-electron chi connectivity index (χ0n) is 6.09. The van der Waals surface area contributed by atoms with Crippen LogP contribution in [0.3, 0.4) is 0 Å². The summed E-state index contributed by atoms with van der Waals surface area (Å²) in [4.78, 5) is 0. The molecule has 1 heterocycles. The predicted molar refractivity (Wildman–Crippen MR) is 40.0 cm³/mol. The summed E-state index contributed by atoms with van der Waals surface area (Å²) >= 11 is 13.6. The van der Waals surface area contributed by atoms with Gasteiger partial charge in [0.1, 0.15) is 0 Å². The molecule has 1 fully saturated rings. The van der Waals surface area contributed by atoms with Gasteiger partial charge in [-0.1, -0.05) is 23.2 Å². The van der Waals surface area contributed by atoms with Gasteiger partial charge in [0.05, 0.1) is 0 Å². The van der Waals surface area contributed by atoms with E-state index in [2.05, 4.69) is 39.5 Å². The minimum absolute atomic E-state index is 2.73. The van der Waals surface area contributed by atoms with Gasteiger partial charge < -0.3 is 4.74 Å². The molecule has 9 heteroatoms. The van der Waals surface area contributed by atoms with Gasteiger partial charge in [-0.3, -0.25) is 0 Å². The van der Waals surface area contributed by atoms with E-state index in [-0.39, 0.29) is 0 Å². The van der Waals surface area contributed by atoms with Crippen LogP contribution in [0.4, 0.5) is 22.0 Å². The van der Waals surface area contributed by atoms with Crippen molar-refractivity contribution in [2.45, 2.75) is 28.1 Å². The van der Waals surface area contributed by atoms with Gasteiger partial charge >= 0.3 is 5.38 Å². The van der Waals surface area contributed by atoms with Gasteiger partial charge in [0.15, 0.2) is 6.17 Å². The second kappa shape index (κ2) is 3.23. The normalized spacial score (nSPS) is 39.4. The molecule has 0 radical (unpaired) electrons. The van der Waals surface area contributed by atoms with Crippen molar-refractivity contribution in [3.8, 4) is 0 Å². The molecule has 0 aromatic rings. The first kappa shape index (κ1) is 12.5. The minimum atomic E-state index is -4.58. The lowest BCUT2D eigenvalue weighted by Gasteiger charge is -2.50. The highest BCUT2D eigenvalue weighted by Gasteiger charge is 2.80. The first-order valence-electron chi connectivity index (χ1n) is 3.13. The summed E-state index contributed by atoms with van der Waals surface area (Å²) in [6, 6.07) is 0. The summed E-state index contributed by atoms with van der Waals surface area (Å²) in [5.74, 6) is 0. The highest BCUT2D eigenvalue weighted by atomic mass is 35.5. The van der Waals surface area contributed by atoms with Crippen molar-refractivity contribution >= 4 is 34.8 Å². The van der Waals surface area contributed by atoms with E-state index in [9.17, 15) is 22.0 Å². The fourth-order valence-corrected chi connectivity index (χ4v) is 1.93. The molecule has 0 amide bonds. The molecule has 0 saturated carbocycles. The van der Waals surface area contributed by atoms with Crippen molar-refractivity contribution in [1.82, 2.24) is 0 Å². The van der Waals surface area contributed by atoms with Crippen molar-refractivity contribution in [2.24, 2.45) is 0 Å². The highest BCUT2D eigenvalue weighted by molar-refractivity contribution is 6.48. The molecule has 1 aliphatic heterocycles. The van der Waals surface area contributed by atoms with Gasteiger partial charge in [-0.15, -0.1) is 0 Å². The molecule has 1 saturated heterocycles. The molecule has 0 aromatic heterocycles. The fourth-order valence-electron chi connectivity index (χ4n) is 1.02. The first-order valence-corrected chi connectivity index (χ1v) is 4.27. The van der Waals surface area contributed by atoms with E-state index in [1.165, 1.54) is 0 Å². The Hall–Kier alpha value is 0.480. The number of hydrogen-bond acceptors (Lipinski definition) is 1. The highest BCUT2D eigenvalue weighted by Crippen LogP contribution is 2.59. The SMILES string of the molecule is F[C@@H]1O[C@](C(F)(F)Cl)(C(F)(Cl)Cl)[C@H]1F. The van der Waals surface area contributed by atoms with Crippen LogP contribution < -0.4 is 0 Å². The maximum atomic E-state index is 12.8. The van der Waals surface area contributed by atoms with Crippen LogP contribution in [-0.4, -0.2) is 28.1 Å². The van der Waals surface area contributed by atoms with E-state index in [1.807, 2.05) is 0 Å². The summed E-state index contributed by atoms with van der Waals surface area (Å²) < 4.78 is 62.7. The van der Waals surface area contributed by atoms with Crippen LogP contribution in [0.15, 0.2) is 0 Å². The van der Waals surface area contributed by atoms with Gasteiger partial charge in [0.2, 0.25) is 12.0 Å². The summed E-state index contributed by atoms with van der Waals surface area (Å²) in [5, 5.41) is -4.58. The molecule has 84 valence electrons. The standard InChI is InChI=1S/C5H2Cl3F5O/c6-4(7,11)3(5(8,12)13)1(9)2(10)14-3/h1-2H/t1-,2+,3-/m0/s1. The molecule has 0 N–H and O–H groups in total. The molecule has 14 heavy (non-hydrogen) atoms. The van der Waals surface area contributed by atoms with E-state index in [4.69, 9.17) is 0 Å². The molecule has 0 bridgehead atoms. The third kappa shape index (κ3) is 1.47. The first-order chi connectivity index (χ1) is 6.04. The monoisotopic (exact) mass is 278 g/mol. The molecule has 0 unspecified atom stereocenters. The average molecular weight is 279 g/mol. The van der Waals surface area contributed by atoms with Crippen LogP contribution >= 0.6 is 34.8 Å². The van der Waals surface area contributed by atoms with E-state index >= 15 is 0 Å². The van der Waals surface area contributed by atoms with Gasteiger partial charge in [-0.2, -0.15) is 8.78 Å². The molecule has 3 atom stereocenters. The smallest absolute Gasteiger partial charge is 0.322 e. The Balaban J connectivity index is 3.08. The molecule has 1 nitrogen and oxygen atoms in total. The predicted octanol–water partition coefficient (Wildman–Crippen LogP) is 3.32. The topological polar surface area (TPSA) is 9.23 Å². The van der Waals surface area contributed by atoms with E-state index in [0.29, 0.717) is 0 Å². The summed E-state index contributed by atoms with van der Waals surface area (Å²) in [5.41, 5.74) is -3.72. The Morgan fingerprint density at radius 3 is 1.57 bits per heavy atom. The number of ether oxygens (including phenoxy) is 1. The number of alkyl halides is 8. The quantitative estimate of drug-likeness (QED) is 0.556. The Bertz CT molecular complexity index is 223. The Labute approximate surface area is 90.0 Å². The largest absolute Gasteiger partial charge is 0.359 e.